The van der Waals surface area contributed by atoms with E-state index in [0.717, 1.165) is 0 Å². The molecule has 0 unspecified atom stereocenters. The predicted molar refractivity (Wildman–Crippen MR) is 34.3 cm³/mol. The van der Waals surface area contributed by atoms with Crippen molar-refractivity contribution in [3.8, 4) is 0 Å². The summed E-state index contributed by atoms with van der Waals surface area (Å²) in [6.07, 6.45) is -0.353. The smallest absolute Gasteiger partial charge is 0.337 e. The molecule has 0 aliphatic heterocycles. The molecule has 0 atom stereocenters. The van der Waals surface area contributed by atoms with Crippen molar-refractivity contribution < 1.29 is 14.7 Å². The van der Waals surface area contributed by atoms with E-state index in [1.54, 1.807) is 0 Å². The lowest BCUT2D eigenvalue weighted by Gasteiger charge is -2.06. The van der Waals surface area contributed by atoms with E-state index in [2.05, 4.69) is 11.0 Å². The Morgan fingerprint density at radius 3 is 2.36 bits per heavy atom. The highest BCUT2D eigenvalue weighted by atomic mass is 16.4. The van der Waals surface area contributed by atoms with Crippen LogP contribution in [0, 0.1) is 4.91 Å². The van der Waals surface area contributed by atoms with Crippen LogP contribution >= 0.6 is 0 Å². The molecule has 0 fully saturated rings. The van der Waals surface area contributed by atoms with Crippen LogP contribution < -0.4 is 5.73 Å². The highest BCUT2D eigenvalue weighted by Gasteiger charge is 2.10. The van der Waals surface area contributed by atoms with Gasteiger partial charge in [0.2, 0.25) is 0 Å². The number of hydrogen-bond donors (Lipinski definition) is 2. The number of nitrogens with two attached hydrogens (primary N) is 1. The number of rotatable bonds is 4. The van der Waals surface area contributed by atoms with Crippen LogP contribution in [0.1, 0.15) is 6.42 Å². The second-order valence-corrected chi connectivity index (χ2v) is 1.69. The number of urea groups is 1. The third kappa shape index (κ3) is 3.84. The molecular weight excluding hydrogens is 154 g/mol. The lowest BCUT2D eigenvalue weighted by Crippen LogP contribution is -2.32. The van der Waals surface area contributed by atoms with Gasteiger partial charge in [-0.05, 0) is 0 Å². The molecule has 0 spiro atoms. The van der Waals surface area contributed by atoms with Gasteiger partial charge in [0.1, 0.15) is 0 Å². The fourth-order valence-electron chi connectivity index (χ4n) is 0.393. The number of aliphatic carboxylic acids is 1. The van der Waals surface area contributed by atoms with Crippen LogP contribution in [0.15, 0.2) is 5.29 Å². The van der Waals surface area contributed by atoms with Gasteiger partial charge in [-0.2, -0.15) is 5.01 Å². The van der Waals surface area contributed by atoms with E-state index >= 15 is 0 Å². The van der Waals surface area contributed by atoms with Gasteiger partial charge in [-0.15, -0.1) is 4.91 Å². The maximum absolute atomic E-state index is 10.2. The molecule has 2 amide bonds. The summed E-state index contributed by atoms with van der Waals surface area (Å²) in [6.45, 7) is -0.297. The third-order valence-electron chi connectivity index (χ3n) is 0.890. The minimum Gasteiger partial charge on any atom is -0.481 e. The Morgan fingerprint density at radius 1 is 1.55 bits per heavy atom. The number of carboxylic acid groups (broad SMARTS) is 1. The summed E-state index contributed by atoms with van der Waals surface area (Å²) in [6, 6.07) is -1.05. The molecule has 0 rings (SSSR count). The van der Waals surface area contributed by atoms with E-state index in [-0.39, 0.29) is 13.0 Å². The molecule has 0 saturated heterocycles. The highest BCUT2D eigenvalue weighted by molar-refractivity contribution is 5.73. The maximum Gasteiger partial charge on any atom is 0.337 e. The first kappa shape index (κ1) is 9.34. The van der Waals surface area contributed by atoms with Crippen molar-refractivity contribution in [1.82, 2.24) is 5.01 Å². The highest BCUT2D eigenvalue weighted by Crippen LogP contribution is 1.90. The molecule has 62 valence electrons. The first-order valence-electron chi connectivity index (χ1n) is 2.70. The van der Waals surface area contributed by atoms with Crippen LogP contribution in [0.3, 0.4) is 0 Å². The molecule has 7 nitrogen and oxygen atoms in total. The largest absolute Gasteiger partial charge is 0.481 e. The Hall–Kier alpha value is -1.66. The number of carboxylic acids is 1. The lowest BCUT2D eigenvalue weighted by atomic mass is 10.4. The van der Waals surface area contributed by atoms with Crippen molar-refractivity contribution in [3.05, 3.63) is 4.91 Å². The standard InChI is InChI=1S/C4H7N3O4/c5-4(10)7(6-11)2-1-3(8)9/h1-2H2,(H2,5,10)(H,8,9). The molecule has 7 heteroatoms. The zero-order chi connectivity index (χ0) is 8.85. The summed E-state index contributed by atoms with van der Waals surface area (Å²) in [5, 5.41) is 10.7. The van der Waals surface area contributed by atoms with Gasteiger partial charge in [0.05, 0.1) is 18.3 Å². The second kappa shape index (κ2) is 4.20. The Kier molecular flexibility index (Phi) is 3.57. The van der Waals surface area contributed by atoms with Gasteiger partial charge in [0.25, 0.3) is 0 Å². The Morgan fingerprint density at radius 2 is 2.09 bits per heavy atom. The van der Waals surface area contributed by atoms with Crippen LogP contribution in [0.4, 0.5) is 4.79 Å². The lowest BCUT2D eigenvalue weighted by molar-refractivity contribution is -0.137. The zero-order valence-electron chi connectivity index (χ0n) is 5.56. The van der Waals surface area contributed by atoms with Crippen LogP contribution in [0.5, 0.6) is 0 Å². The minimum absolute atomic E-state index is 0.297. The van der Waals surface area contributed by atoms with Crippen molar-refractivity contribution in [2.75, 3.05) is 6.54 Å². The van der Waals surface area contributed by atoms with E-state index in [4.69, 9.17) is 5.11 Å². The van der Waals surface area contributed by atoms with Crippen molar-refractivity contribution in [2.24, 2.45) is 11.0 Å². The van der Waals surface area contributed by atoms with Gasteiger partial charge in [0.15, 0.2) is 0 Å². The van der Waals surface area contributed by atoms with E-state index in [9.17, 15) is 14.5 Å². The summed E-state index contributed by atoms with van der Waals surface area (Å²) in [7, 11) is 0. The van der Waals surface area contributed by atoms with E-state index < -0.39 is 12.0 Å². The van der Waals surface area contributed by atoms with Gasteiger partial charge >= 0.3 is 12.0 Å². The number of carbonyl (C=O) groups is 2. The quantitative estimate of drug-likeness (QED) is 0.428. The Bertz CT molecular complexity index is 180. The van der Waals surface area contributed by atoms with Crippen molar-refractivity contribution in [3.63, 3.8) is 0 Å². The normalized spacial score (nSPS) is 8.73. The number of primary amides is 1. The maximum atomic E-state index is 10.2. The van der Waals surface area contributed by atoms with Crippen LogP contribution in [-0.2, 0) is 4.79 Å². The summed E-state index contributed by atoms with van der Waals surface area (Å²) in [5.41, 5.74) is 4.63. The number of nitrogens with zero attached hydrogens (tertiary/aromatic N) is 2. The van der Waals surface area contributed by atoms with Crippen molar-refractivity contribution >= 4 is 12.0 Å². The van der Waals surface area contributed by atoms with Crippen molar-refractivity contribution in [1.29, 1.82) is 0 Å². The number of carbonyl (C=O) groups excluding carboxylic acids is 1. The number of amides is 2. The second-order valence-electron chi connectivity index (χ2n) is 1.69. The molecule has 0 aliphatic rings. The van der Waals surface area contributed by atoms with Gasteiger partial charge in [-0.3, -0.25) is 4.79 Å². The molecule has 3 N–H and O–H groups in total. The van der Waals surface area contributed by atoms with E-state index in [1.807, 2.05) is 0 Å². The molecule has 0 saturated carbocycles. The molecular formula is C4H7N3O4. The van der Waals surface area contributed by atoms with Crippen LogP contribution in [-0.4, -0.2) is 28.7 Å². The SMILES string of the molecule is NC(=O)N(CCC(=O)O)N=O. The minimum atomic E-state index is -1.13. The third-order valence-corrected chi connectivity index (χ3v) is 0.890. The van der Waals surface area contributed by atoms with Gasteiger partial charge in [-0.25, -0.2) is 4.79 Å². The predicted octanol–water partition coefficient (Wildman–Crippen LogP) is -0.477. The monoisotopic (exact) mass is 161 g/mol. The zero-order valence-corrected chi connectivity index (χ0v) is 5.56. The van der Waals surface area contributed by atoms with Gasteiger partial charge in [-0.1, -0.05) is 0 Å². The summed E-state index contributed by atoms with van der Waals surface area (Å²) in [5.74, 6) is -1.13. The van der Waals surface area contributed by atoms with Crippen LogP contribution in [0.25, 0.3) is 0 Å². The molecule has 0 bridgehead atoms. The first-order chi connectivity index (χ1) is 5.07. The molecule has 0 aromatic rings. The first-order valence-corrected chi connectivity index (χ1v) is 2.70. The van der Waals surface area contributed by atoms with Gasteiger partial charge < -0.3 is 10.8 Å². The Labute approximate surface area is 61.7 Å². The molecule has 0 aromatic carbocycles. The Balaban J connectivity index is 3.79. The fourth-order valence-corrected chi connectivity index (χ4v) is 0.393. The summed E-state index contributed by atoms with van der Waals surface area (Å²) < 4.78 is 0. The van der Waals surface area contributed by atoms with Crippen molar-refractivity contribution in [2.45, 2.75) is 6.42 Å². The average Bonchev–Trinajstić information content (AvgIpc) is 1.87. The summed E-state index contributed by atoms with van der Waals surface area (Å²) >= 11 is 0. The van der Waals surface area contributed by atoms with Gasteiger partial charge in [0, 0.05) is 0 Å². The number of nitroso groups, excluding NO2 is 1. The van der Waals surface area contributed by atoms with Crippen LogP contribution in [0.2, 0.25) is 0 Å². The molecule has 0 radical (unpaired) electrons. The topological polar surface area (TPSA) is 113 Å². The molecule has 11 heavy (non-hydrogen) atoms. The molecule has 0 aliphatic carbocycles. The fraction of sp³-hybridized carbons (Fsp3) is 0.500. The summed E-state index contributed by atoms with van der Waals surface area (Å²) in [4.78, 5) is 29.9. The van der Waals surface area contributed by atoms with E-state index in [1.165, 1.54) is 0 Å². The molecule has 0 aromatic heterocycles. The average molecular weight is 161 g/mol. The number of hydrogen-bond acceptors (Lipinski definition) is 4. The molecule has 0 heterocycles. The van der Waals surface area contributed by atoms with E-state index in [0.29, 0.717) is 5.01 Å².